The Morgan fingerprint density at radius 1 is 1.12 bits per heavy atom. The summed E-state index contributed by atoms with van der Waals surface area (Å²) in [6, 6.07) is 8.60. The minimum Gasteiger partial charge on any atom is -0.481 e. The van der Waals surface area contributed by atoms with Gasteiger partial charge in [-0.3, -0.25) is 4.79 Å². The highest BCUT2D eigenvalue weighted by Gasteiger charge is 2.09. The lowest BCUT2D eigenvalue weighted by molar-refractivity contribution is -0.137. The molecule has 0 spiro atoms. The van der Waals surface area contributed by atoms with Crippen LogP contribution in [0.4, 0.5) is 0 Å². The standard InChI is InChI=1S/C15H22O2/c1-4-11(2)13-6-8-14(9-7-13)12(3)5-10-15(16)17/h6-9,11-12H,4-5,10H2,1-3H3,(H,16,17). The van der Waals surface area contributed by atoms with Crippen molar-refractivity contribution in [3.8, 4) is 0 Å². The third kappa shape index (κ3) is 4.22. The summed E-state index contributed by atoms with van der Waals surface area (Å²) in [5.74, 6) is 0.198. The SMILES string of the molecule is CCC(C)c1ccc(C(C)CCC(=O)O)cc1. The maximum absolute atomic E-state index is 10.5. The maximum Gasteiger partial charge on any atom is 0.303 e. The molecule has 0 aliphatic heterocycles. The zero-order chi connectivity index (χ0) is 12.8. The van der Waals surface area contributed by atoms with Crippen LogP contribution < -0.4 is 0 Å². The fourth-order valence-corrected chi connectivity index (χ4v) is 1.90. The van der Waals surface area contributed by atoms with Crippen molar-refractivity contribution in [2.24, 2.45) is 0 Å². The molecule has 0 radical (unpaired) electrons. The number of rotatable bonds is 6. The van der Waals surface area contributed by atoms with Crippen LogP contribution in [0.1, 0.15) is 63.0 Å². The first kappa shape index (κ1) is 13.8. The lowest BCUT2D eigenvalue weighted by Crippen LogP contribution is -2.00. The quantitative estimate of drug-likeness (QED) is 0.802. The van der Waals surface area contributed by atoms with E-state index in [0.717, 1.165) is 6.42 Å². The smallest absolute Gasteiger partial charge is 0.303 e. The summed E-state index contributed by atoms with van der Waals surface area (Å²) in [5.41, 5.74) is 2.60. The molecule has 0 fully saturated rings. The molecule has 1 rings (SSSR count). The zero-order valence-corrected chi connectivity index (χ0v) is 10.9. The molecule has 1 N–H and O–H groups in total. The van der Waals surface area contributed by atoms with Gasteiger partial charge in [-0.05, 0) is 35.8 Å². The van der Waals surface area contributed by atoms with Crippen molar-refractivity contribution in [3.05, 3.63) is 35.4 Å². The first-order chi connectivity index (χ1) is 8.04. The molecule has 0 saturated heterocycles. The van der Waals surface area contributed by atoms with E-state index in [0.29, 0.717) is 18.3 Å². The van der Waals surface area contributed by atoms with Gasteiger partial charge in [-0.25, -0.2) is 0 Å². The highest BCUT2D eigenvalue weighted by Crippen LogP contribution is 2.24. The Kier molecular flexibility index (Phi) is 5.20. The fraction of sp³-hybridized carbons (Fsp3) is 0.533. The Balaban J connectivity index is 2.63. The normalized spacial score (nSPS) is 14.3. The van der Waals surface area contributed by atoms with Gasteiger partial charge in [-0.2, -0.15) is 0 Å². The summed E-state index contributed by atoms with van der Waals surface area (Å²) in [5, 5.41) is 8.66. The highest BCUT2D eigenvalue weighted by molar-refractivity contribution is 5.66. The van der Waals surface area contributed by atoms with Gasteiger partial charge < -0.3 is 5.11 Å². The predicted molar refractivity (Wildman–Crippen MR) is 70.4 cm³/mol. The van der Waals surface area contributed by atoms with E-state index in [-0.39, 0.29) is 6.42 Å². The summed E-state index contributed by atoms with van der Waals surface area (Å²) in [7, 11) is 0. The Hall–Kier alpha value is -1.31. The van der Waals surface area contributed by atoms with Gasteiger partial charge in [0.1, 0.15) is 0 Å². The molecule has 17 heavy (non-hydrogen) atoms. The molecule has 94 valence electrons. The van der Waals surface area contributed by atoms with Crippen molar-refractivity contribution in [1.82, 2.24) is 0 Å². The summed E-state index contributed by atoms with van der Waals surface area (Å²) in [6.07, 6.45) is 2.10. The molecule has 1 aromatic rings. The molecule has 2 atom stereocenters. The Morgan fingerprint density at radius 2 is 1.59 bits per heavy atom. The molecule has 0 heterocycles. The maximum atomic E-state index is 10.5. The highest BCUT2D eigenvalue weighted by atomic mass is 16.4. The molecule has 0 saturated carbocycles. The van der Waals surface area contributed by atoms with Gasteiger partial charge in [0, 0.05) is 6.42 Å². The van der Waals surface area contributed by atoms with Gasteiger partial charge in [0.2, 0.25) is 0 Å². The van der Waals surface area contributed by atoms with Crippen molar-refractivity contribution in [2.75, 3.05) is 0 Å². The molecule has 2 nitrogen and oxygen atoms in total. The number of carboxylic acid groups (broad SMARTS) is 1. The number of aliphatic carboxylic acids is 1. The zero-order valence-electron chi connectivity index (χ0n) is 10.9. The van der Waals surface area contributed by atoms with E-state index < -0.39 is 5.97 Å². The van der Waals surface area contributed by atoms with Gasteiger partial charge in [0.15, 0.2) is 0 Å². The fourth-order valence-electron chi connectivity index (χ4n) is 1.90. The molecule has 0 aromatic heterocycles. The van der Waals surface area contributed by atoms with Crippen molar-refractivity contribution in [2.45, 2.75) is 51.9 Å². The van der Waals surface area contributed by atoms with E-state index in [2.05, 4.69) is 45.0 Å². The van der Waals surface area contributed by atoms with Crippen LogP contribution in [0, 0.1) is 0 Å². The number of hydrogen-bond donors (Lipinski definition) is 1. The molecule has 0 aliphatic carbocycles. The van der Waals surface area contributed by atoms with Crippen LogP contribution >= 0.6 is 0 Å². The van der Waals surface area contributed by atoms with Gasteiger partial charge in [0.05, 0.1) is 0 Å². The summed E-state index contributed by atoms with van der Waals surface area (Å²) in [6.45, 7) is 6.50. The van der Waals surface area contributed by atoms with E-state index in [1.165, 1.54) is 11.1 Å². The van der Waals surface area contributed by atoms with Crippen LogP contribution in [0.5, 0.6) is 0 Å². The molecule has 0 bridgehead atoms. The predicted octanol–water partition coefficient (Wildman–Crippen LogP) is 4.17. The Morgan fingerprint density at radius 3 is 2.00 bits per heavy atom. The van der Waals surface area contributed by atoms with Gasteiger partial charge in [0.25, 0.3) is 0 Å². The lowest BCUT2D eigenvalue weighted by Gasteiger charge is -2.13. The third-order valence-corrected chi connectivity index (χ3v) is 3.48. The van der Waals surface area contributed by atoms with E-state index in [9.17, 15) is 4.79 Å². The van der Waals surface area contributed by atoms with E-state index >= 15 is 0 Å². The molecular formula is C15H22O2. The topological polar surface area (TPSA) is 37.3 Å². The molecule has 2 unspecified atom stereocenters. The van der Waals surface area contributed by atoms with Crippen LogP contribution in [-0.4, -0.2) is 11.1 Å². The average molecular weight is 234 g/mol. The van der Waals surface area contributed by atoms with Crippen molar-refractivity contribution < 1.29 is 9.90 Å². The third-order valence-electron chi connectivity index (χ3n) is 3.48. The Labute approximate surface area is 104 Å². The van der Waals surface area contributed by atoms with E-state index in [1.54, 1.807) is 0 Å². The molecular weight excluding hydrogens is 212 g/mol. The minimum atomic E-state index is -0.715. The number of carbonyl (C=O) groups is 1. The second kappa shape index (κ2) is 6.43. The summed E-state index contributed by atoms with van der Waals surface area (Å²) >= 11 is 0. The summed E-state index contributed by atoms with van der Waals surface area (Å²) < 4.78 is 0. The molecule has 0 amide bonds. The largest absolute Gasteiger partial charge is 0.481 e. The second-order valence-corrected chi connectivity index (χ2v) is 4.81. The molecule has 2 heteroatoms. The van der Waals surface area contributed by atoms with Crippen LogP contribution in [0.2, 0.25) is 0 Å². The van der Waals surface area contributed by atoms with Gasteiger partial charge >= 0.3 is 5.97 Å². The van der Waals surface area contributed by atoms with Crippen LogP contribution in [0.15, 0.2) is 24.3 Å². The van der Waals surface area contributed by atoms with Gasteiger partial charge in [-0.1, -0.05) is 45.0 Å². The van der Waals surface area contributed by atoms with Crippen LogP contribution in [0.25, 0.3) is 0 Å². The average Bonchev–Trinajstić information content (AvgIpc) is 2.35. The van der Waals surface area contributed by atoms with Crippen molar-refractivity contribution >= 4 is 5.97 Å². The molecule has 0 aliphatic rings. The summed E-state index contributed by atoms with van der Waals surface area (Å²) in [4.78, 5) is 10.5. The first-order valence-electron chi connectivity index (χ1n) is 6.36. The number of carboxylic acids is 1. The second-order valence-electron chi connectivity index (χ2n) is 4.81. The first-order valence-corrected chi connectivity index (χ1v) is 6.36. The van der Waals surface area contributed by atoms with Crippen molar-refractivity contribution in [3.63, 3.8) is 0 Å². The number of benzene rings is 1. The van der Waals surface area contributed by atoms with Crippen LogP contribution in [-0.2, 0) is 4.79 Å². The van der Waals surface area contributed by atoms with E-state index in [1.807, 2.05) is 0 Å². The van der Waals surface area contributed by atoms with Crippen molar-refractivity contribution in [1.29, 1.82) is 0 Å². The minimum absolute atomic E-state index is 0.244. The van der Waals surface area contributed by atoms with E-state index in [4.69, 9.17) is 5.11 Å². The molecule has 1 aromatic carbocycles. The Bertz CT molecular complexity index is 354. The lowest BCUT2D eigenvalue weighted by atomic mass is 9.92. The van der Waals surface area contributed by atoms with Crippen LogP contribution in [0.3, 0.4) is 0 Å². The number of hydrogen-bond acceptors (Lipinski definition) is 1. The monoisotopic (exact) mass is 234 g/mol. The van der Waals surface area contributed by atoms with Gasteiger partial charge in [-0.15, -0.1) is 0 Å².